The van der Waals surface area contributed by atoms with E-state index < -0.39 is 0 Å². The molecular formula is C14H19N3S. The zero-order valence-corrected chi connectivity index (χ0v) is 11.5. The molecule has 1 aromatic heterocycles. The average molecular weight is 261 g/mol. The van der Waals surface area contributed by atoms with Gasteiger partial charge in [0.1, 0.15) is 0 Å². The zero-order chi connectivity index (χ0) is 12.5. The van der Waals surface area contributed by atoms with Gasteiger partial charge in [-0.3, -0.25) is 0 Å². The minimum atomic E-state index is 0.817. The second-order valence-corrected chi connectivity index (χ2v) is 6.41. The minimum Gasteiger partial charge on any atom is -0.397 e. The molecule has 1 heterocycles. The largest absolute Gasteiger partial charge is 0.397 e. The second-order valence-electron chi connectivity index (χ2n) is 5.17. The maximum absolute atomic E-state index is 6.10. The molecule has 3 rings (SSSR count). The molecule has 0 atom stereocenters. The van der Waals surface area contributed by atoms with Crippen molar-refractivity contribution in [2.75, 3.05) is 17.6 Å². The molecule has 4 heteroatoms. The van der Waals surface area contributed by atoms with Gasteiger partial charge in [-0.2, -0.15) is 0 Å². The van der Waals surface area contributed by atoms with Crippen molar-refractivity contribution >= 4 is 32.9 Å². The summed E-state index contributed by atoms with van der Waals surface area (Å²) in [5.74, 6) is 0.817. The third-order valence-corrected chi connectivity index (χ3v) is 4.66. The Bertz CT molecular complexity index is 555. The first-order chi connectivity index (χ1) is 8.72. The van der Waals surface area contributed by atoms with Crippen molar-refractivity contribution in [3.63, 3.8) is 0 Å². The topological polar surface area (TPSA) is 50.9 Å². The standard InChI is InChI=1S/C14H19N3S/c1-9-17-13-7-12(11(15)6-14(13)18-9)16-8-10-4-2-3-5-10/h6-7,10,16H,2-5,8,15H2,1H3. The Morgan fingerprint density at radius 3 is 2.94 bits per heavy atom. The van der Waals surface area contributed by atoms with Crippen LogP contribution in [0.1, 0.15) is 30.7 Å². The van der Waals surface area contributed by atoms with Gasteiger partial charge in [0.15, 0.2) is 0 Å². The number of anilines is 2. The van der Waals surface area contributed by atoms with Gasteiger partial charge in [0.05, 0.1) is 26.6 Å². The first-order valence-corrected chi connectivity index (χ1v) is 7.44. The lowest BCUT2D eigenvalue weighted by atomic mass is 10.1. The number of aryl methyl sites for hydroxylation is 1. The summed E-state index contributed by atoms with van der Waals surface area (Å²) in [7, 11) is 0. The number of nitrogens with zero attached hydrogens (tertiary/aromatic N) is 1. The lowest BCUT2D eigenvalue weighted by molar-refractivity contribution is 0.580. The summed E-state index contributed by atoms with van der Waals surface area (Å²) in [6, 6.07) is 4.13. The number of aromatic nitrogens is 1. The van der Waals surface area contributed by atoms with Gasteiger partial charge in [-0.25, -0.2) is 4.98 Å². The zero-order valence-electron chi connectivity index (χ0n) is 10.7. The van der Waals surface area contributed by atoms with Crippen LogP contribution >= 0.6 is 11.3 Å². The normalized spacial score (nSPS) is 16.5. The number of nitrogen functional groups attached to an aromatic ring is 1. The summed E-state index contributed by atoms with van der Waals surface area (Å²) < 4.78 is 1.18. The molecule has 0 spiro atoms. The van der Waals surface area contributed by atoms with Crippen LogP contribution in [0, 0.1) is 12.8 Å². The van der Waals surface area contributed by atoms with Crippen LogP contribution in [0.4, 0.5) is 11.4 Å². The van der Waals surface area contributed by atoms with Gasteiger partial charge >= 0.3 is 0 Å². The third-order valence-electron chi connectivity index (χ3n) is 3.72. The Hall–Kier alpha value is -1.29. The fraction of sp³-hybridized carbons (Fsp3) is 0.500. The van der Waals surface area contributed by atoms with E-state index >= 15 is 0 Å². The van der Waals surface area contributed by atoms with E-state index in [1.54, 1.807) is 11.3 Å². The molecule has 18 heavy (non-hydrogen) atoms. The van der Waals surface area contributed by atoms with Crippen LogP contribution in [-0.2, 0) is 0 Å². The number of nitrogens with one attached hydrogen (secondary N) is 1. The molecule has 2 aromatic rings. The summed E-state index contributed by atoms with van der Waals surface area (Å²) in [6.07, 6.45) is 5.47. The third kappa shape index (κ3) is 2.29. The first-order valence-electron chi connectivity index (χ1n) is 6.63. The number of nitrogens with two attached hydrogens (primary N) is 1. The van der Waals surface area contributed by atoms with Crippen molar-refractivity contribution in [1.29, 1.82) is 0 Å². The Balaban J connectivity index is 1.79. The Labute approximate surface area is 111 Å². The highest BCUT2D eigenvalue weighted by Gasteiger charge is 2.15. The van der Waals surface area contributed by atoms with E-state index in [0.29, 0.717) is 0 Å². The number of benzene rings is 1. The van der Waals surface area contributed by atoms with Crippen molar-refractivity contribution < 1.29 is 0 Å². The summed E-state index contributed by atoms with van der Waals surface area (Å²) in [5, 5.41) is 4.59. The van der Waals surface area contributed by atoms with Crippen LogP contribution in [0.3, 0.4) is 0 Å². The molecule has 0 radical (unpaired) electrons. The molecule has 0 aliphatic heterocycles. The number of fused-ring (bicyclic) bond motifs is 1. The van der Waals surface area contributed by atoms with Gasteiger partial charge in [-0.1, -0.05) is 12.8 Å². The minimum absolute atomic E-state index is 0.817. The summed E-state index contributed by atoms with van der Waals surface area (Å²) >= 11 is 1.70. The van der Waals surface area contributed by atoms with E-state index in [9.17, 15) is 0 Å². The van der Waals surface area contributed by atoms with Gasteiger partial charge in [-0.05, 0) is 37.8 Å². The highest BCUT2D eigenvalue weighted by atomic mass is 32.1. The molecular weight excluding hydrogens is 242 g/mol. The van der Waals surface area contributed by atoms with Crippen molar-refractivity contribution in [3.8, 4) is 0 Å². The van der Waals surface area contributed by atoms with Crippen LogP contribution in [0.15, 0.2) is 12.1 Å². The molecule has 3 nitrogen and oxygen atoms in total. The van der Waals surface area contributed by atoms with Gasteiger partial charge in [-0.15, -0.1) is 11.3 Å². The van der Waals surface area contributed by atoms with E-state index in [4.69, 9.17) is 5.73 Å². The molecule has 1 fully saturated rings. The molecule has 0 bridgehead atoms. The van der Waals surface area contributed by atoms with E-state index in [-0.39, 0.29) is 0 Å². The van der Waals surface area contributed by atoms with E-state index in [0.717, 1.165) is 34.4 Å². The summed E-state index contributed by atoms with van der Waals surface area (Å²) in [6.45, 7) is 3.07. The lowest BCUT2D eigenvalue weighted by Gasteiger charge is -2.13. The van der Waals surface area contributed by atoms with Crippen molar-refractivity contribution in [2.24, 2.45) is 5.92 Å². The number of thiazole rings is 1. The Morgan fingerprint density at radius 2 is 2.17 bits per heavy atom. The molecule has 3 N–H and O–H groups in total. The van der Waals surface area contributed by atoms with Gasteiger partial charge in [0.2, 0.25) is 0 Å². The lowest BCUT2D eigenvalue weighted by Crippen LogP contribution is -2.12. The number of rotatable bonds is 3. The molecule has 0 unspecified atom stereocenters. The van der Waals surface area contributed by atoms with E-state index in [2.05, 4.69) is 16.4 Å². The first kappa shape index (κ1) is 11.8. The monoisotopic (exact) mass is 261 g/mol. The maximum atomic E-state index is 6.10. The van der Waals surface area contributed by atoms with Crippen molar-refractivity contribution in [2.45, 2.75) is 32.6 Å². The summed E-state index contributed by atoms with van der Waals surface area (Å²) in [4.78, 5) is 4.52. The Morgan fingerprint density at radius 1 is 1.39 bits per heavy atom. The fourth-order valence-corrected chi connectivity index (χ4v) is 3.58. The molecule has 1 aliphatic carbocycles. The van der Waals surface area contributed by atoms with Crippen LogP contribution in [0.5, 0.6) is 0 Å². The highest BCUT2D eigenvalue weighted by molar-refractivity contribution is 7.18. The van der Waals surface area contributed by atoms with Gasteiger partial charge < -0.3 is 11.1 Å². The predicted molar refractivity (Wildman–Crippen MR) is 79.2 cm³/mol. The van der Waals surface area contributed by atoms with Crippen LogP contribution < -0.4 is 11.1 Å². The molecule has 1 saturated carbocycles. The van der Waals surface area contributed by atoms with Crippen LogP contribution in [-0.4, -0.2) is 11.5 Å². The Kier molecular flexibility index (Phi) is 3.12. The number of hydrogen-bond acceptors (Lipinski definition) is 4. The van der Waals surface area contributed by atoms with Gasteiger partial charge in [0.25, 0.3) is 0 Å². The molecule has 96 valence electrons. The van der Waals surface area contributed by atoms with Crippen LogP contribution in [0.25, 0.3) is 10.2 Å². The molecule has 1 aliphatic rings. The average Bonchev–Trinajstić information content (AvgIpc) is 2.94. The maximum Gasteiger partial charge on any atom is 0.0907 e. The quantitative estimate of drug-likeness (QED) is 0.826. The number of hydrogen-bond donors (Lipinski definition) is 2. The summed E-state index contributed by atoms with van der Waals surface area (Å²) in [5.41, 5.74) is 9.03. The molecule has 1 aromatic carbocycles. The fourth-order valence-electron chi connectivity index (χ4n) is 2.73. The SMILES string of the molecule is Cc1nc2cc(NCC3CCCC3)c(N)cc2s1. The highest BCUT2D eigenvalue weighted by Crippen LogP contribution is 2.31. The van der Waals surface area contributed by atoms with E-state index in [1.807, 2.05) is 13.0 Å². The molecule has 0 amide bonds. The molecule has 0 saturated heterocycles. The predicted octanol–water partition coefficient (Wildman–Crippen LogP) is 3.79. The van der Waals surface area contributed by atoms with Crippen LogP contribution in [0.2, 0.25) is 0 Å². The smallest absolute Gasteiger partial charge is 0.0907 e. The van der Waals surface area contributed by atoms with E-state index in [1.165, 1.54) is 30.4 Å². The van der Waals surface area contributed by atoms with Gasteiger partial charge in [0, 0.05) is 6.54 Å². The van der Waals surface area contributed by atoms with Crippen molar-refractivity contribution in [1.82, 2.24) is 4.98 Å². The second kappa shape index (κ2) is 4.76. The van der Waals surface area contributed by atoms with Crippen molar-refractivity contribution in [3.05, 3.63) is 17.1 Å².